The highest BCUT2D eigenvalue weighted by Gasteiger charge is 2.28. The van der Waals surface area contributed by atoms with Crippen LogP contribution < -0.4 is 5.32 Å². The molecule has 1 fully saturated rings. The summed E-state index contributed by atoms with van der Waals surface area (Å²) in [5.74, 6) is -2.35. The van der Waals surface area contributed by atoms with E-state index in [0.717, 1.165) is 12.8 Å². The summed E-state index contributed by atoms with van der Waals surface area (Å²) in [7, 11) is 0. The molecule has 0 aromatic heterocycles. The van der Waals surface area contributed by atoms with Crippen LogP contribution in [0.2, 0.25) is 0 Å². The number of nitrogens with one attached hydrogen (secondary N) is 1. The molecule has 1 saturated carbocycles. The number of carboxylic acid groups (broad SMARTS) is 1. The lowest BCUT2D eigenvalue weighted by atomic mass is 9.85. The fraction of sp³-hybridized carbons (Fsp3) is 0.429. The SMILES string of the molecule is O=C(NC1CCCC(C(=O)O)C1)c1cc(Br)ccc1F. The summed E-state index contributed by atoms with van der Waals surface area (Å²) < 4.78 is 14.2. The molecule has 2 N–H and O–H groups in total. The van der Waals surface area contributed by atoms with Crippen molar-refractivity contribution in [1.82, 2.24) is 5.32 Å². The summed E-state index contributed by atoms with van der Waals surface area (Å²) in [4.78, 5) is 23.0. The van der Waals surface area contributed by atoms with Gasteiger partial charge in [-0.1, -0.05) is 22.4 Å². The molecular weight excluding hydrogens is 329 g/mol. The molecule has 0 bridgehead atoms. The van der Waals surface area contributed by atoms with Crippen molar-refractivity contribution in [2.45, 2.75) is 31.7 Å². The zero-order chi connectivity index (χ0) is 14.7. The third kappa shape index (κ3) is 3.56. The van der Waals surface area contributed by atoms with Crippen molar-refractivity contribution in [2.24, 2.45) is 5.92 Å². The van der Waals surface area contributed by atoms with Crippen LogP contribution in [0, 0.1) is 11.7 Å². The molecule has 4 nitrogen and oxygen atoms in total. The molecule has 2 atom stereocenters. The van der Waals surface area contributed by atoms with Gasteiger partial charge in [0.05, 0.1) is 11.5 Å². The molecule has 6 heteroatoms. The first kappa shape index (κ1) is 15.0. The molecule has 0 heterocycles. The first-order chi connectivity index (χ1) is 9.47. The second-order valence-corrected chi connectivity index (χ2v) is 5.91. The Kier molecular flexibility index (Phi) is 4.75. The van der Waals surface area contributed by atoms with Gasteiger partial charge in [0.1, 0.15) is 5.82 Å². The molecule has 0 spiro atoms. The predicted molar refractivity (Wildman–Crippen MR) is 74.9 cm³/mol. The van der Waals surface area contributed by atoms with Crippen LogP contribution in [-0.4, -0.2) is 23.0 Å². The minimum atomic E-state index is -0.836. The molecule has 0 saturated heterocycles. The molecule has 1 amide bonds. The van der Waals surface area contributed by atoms with E-state index in [1.54, 1.807) is 0 Å². The van der Waals surface area contributed by atoms with E-state index in [9.17, 15) is 14.0 Å². The summed E-state index contributed by atoms with van der Waals surface area (Å²) in [6, 6.07) is 3.95. The van der Waals surface area contributed by atoms with Crippen molar-refractivity contribution in [2.75, 3.05) is 0 Å². The van der Waals surface area contributed by atoms with Gasteiger partial charge >= 0.3 is 5.97 Å². The van der Waals surface area contributed by atoms with Crippen LogP contribution in [0.3, 0.4) is 0 Å². The average molecular weight is 344 g/mol. The number of carbonyl (C=O) groups is 2. The van der Waals surface area contributed by atoms with Gasteiger partial charge < -0.3 is 10.4 Å². The molecule has 0 radical (unpaired) electrons. The maximum Gasteiger partial charge on any atom is 0.306 e. The number of carboxylic acids is 1. The van der Waals surface area contributed by atoms with Crippen molar-refractivity contribution in [1.29, 1.82) is 0 Å². The van der Waals surface area contributed by atoms with Crippen LogP contribution >= 0.6 is 15.9 Å². The molecule has 20 heavy (non-hydrogen) atoms. The van der Waals surface area contributed by atoms with Crippen molar-refractivity contribution < 1.29 is 19.1 Å². The molecule has 1 aliphatic rings. The lowest BCUT2D eigenvalue weighted by Gasteiger charge is -2.27. The van der Waals surface area contributed by atoms with Crippen molar-refractivity contribution in [3.05, 3.63) is 34.1 Å². The number of rotatable bonds is 3. The van der Waals surface area contributed by atoms with Gasteiger partial charge in [0.25, 0.3) is 5.91 Å². The van der Waals surface area contributed by atoms with Crippen LogP contribution in [0.15, 0.2) is 22.7 Å². The van der Waals surface area contributed by atoms with Gasteiger partial charge in [-0.05, 0) is 37.5 Å². The third-order valence-corrected chi connectivity index (χ3v) is 4.02. The normalized spacial score (nSPS) is 22.3. The highest BCUT2D eigenvalue weighted by Crippen LogP contribution is 2.25. The second-order valence-electron chi connectivity index (χ2n) is 5.00. The zero-order valence-electron chi connectivity index (χ0n) is 10.7. The first-order valence-corrected chi connectivity index (χ1v) is 7.25. The quantitative estimate of drug-likeness (QED) is 0.886. The third-order valence-electron chi connectivity index (χ3n) is 3.53. The number of halogens is 2. The van der Waals surface area contributed by atoms with Gasteiger partial charge in [-0.25, -0.2) is 4.39 Å². The number of aliphatic carboxylic acids is 1. The van der Waals surface area contributed by atoms with E-state index in [1.807, 2.05) is 0 Å². The second kappa shape index (κ2) is 6.35. The van der Waals surface area contributed by atoms with Crippen molar-refractivity contribution in [3.8, 4) is 0 Å². The molecule has 108 valence electrons. The highest BCUT2D eigenvalue weighted by atomic mass is 79.9. The summed E-state index contributed by atoms with van der Waals surface area (Å²) in [5, 5.41) is 11.7. The molecule has 0 aliphatic heterocycles. The van der Waals surface area contributed by atoms with E-state index < -0.39 is 23.6 Å². The fourth-order valence-electron chi connectivity index (χ4n) is 2.48. The monoisotopic (exact) mass is 343 g/mol. The Hall–Kier alpha value is -1.43. The number of hydrogen-bond donors (Lipinski definition) is 2. The van der Waals surface area contributed by atoms with Crippen LogP contribution in [0.4, 0.5) is 4.39 Å². The van der Waals surface area contributed by atoms with Crippen LogP contribution in [-0.2, 0) is 4.79 Å². The van der Waals surface area contributed by atoms with Crippen LogP contribution in [0.25, 0.3) is 0 Å². The molecular formula is C14H15BrFNO3. The van der Waals surface area contributed by atoms with Gasteiger partial charge in [0, 0.05) is 10.5 Å². The topological polar surface area (TPSA) is 66.4 Å². The van der Waals surface area contributed by atoms with E-state index in [0.29, 0.717) is 17.3 Å². The summed E-state index contributed by atoms with van der Waals surface area (Å²) >= 11 is 3.19. The Morgan fingerprint density at radius 2 is 2.10 bits per heavy atom. The van der Waals surface area contributed by atoms with Gasteiger partial charge in [-0.2, -0.15) is 0 Å². The summed E-state index contributed by atoms with van der Waals surface area (Å²) in [6.45, 7) is 0. The van der Waals surface area contributed by atoms with Crippen molar-refractivity contribution in [3.63, 3.8) is 0 Å². The van der Waals surface area contributed by atoms with Gasteiger partial charge in [-0.3, -0.25) is 9.59 Å². The Labute approximate surface area is 124 Å². The zero-order valence-corrected chi connectivity index (χ0v) is 12.3. The summed E-state index contributed by atoms with van der Waals surface area (Å²) in [6.07, 6.45) is 2.51. The predicted octanol–water partition coefficient (Wildman–Crippen LogP) is 2.96. The smallest absolute Gasteiger partial charge is 0.306 e. The summed E-state index contributed by atoms with van der Waals surface area (Å²) in [5.41, 5.74) is -0.0307. The fourth-order valence-corrected chi connectivity index (χ4v) is 2.84. The Morgan fingerprint density at radius 3 is 2.80 bits per heavy atom. The van der Waals surface area contributed by atoms with E-state index in [-0.39, 0.29) is 11.6 Å². The lowest BCUT2D eigenvalue weighted by Crippen LogP contribution is -2.40. The Bertz CT molecular complexity index is 535. The molecule has 1 aromatic rings. The van der Waals surface area contributed by atoms with Crippen molar-refractivity contribution >= 4 is 27.8 Å². The number of amides is 1. The van der Waals surface area contributed by atoms with Crippen LogP contribution in [0.1, 0.15) is 36.0 Å². The maximum absolute atomic E-state index is 13.6. The number of hydrogen-bond acceptors (Lipinski definition) is 2. The Morgan fingerprint density at radius 1 is 1.35 bits per heavy atom. The van der Waals surface area contributed by atoms with Crippen LogP contribution in [0.5, 0.6) is 0 Å². The van der Waals surface area contributed by atoms with E-state index in [2.05, 4.69) is 21.2 Å². The Balaban J connectivity index is 2.04. The van der Waals surface area contributed by atoms with E-state index in [4.69, 9.17) is 5.11 Å². The molecule has 1 aromatic carbocycles. The lowest BCUT2D eigenvalue weighted by molar-refractivity contribution is -0.143. The van der Waals surface area contributed by atoms with E-state index in [1.165, 1.54) is 18.2 Å². The van der Waals surface area contributed by atoms with Gasteiger partial charge in [0.15, 0.2) is 0 Å². The standard InChI is InChI=1S/C14H15BrFNO3/c15-9-4-5-12(16)11(7-9)13(18)17-10-3-1-2-8(6-10)14(19)20/h4-5,7-8,10H,1-3,6H2,(H,17,18)(H,19,20). The minimum Gasteiger partial charge on any atom is -0.481 e. The van der Waals surface area contributed by atoms with Gasteiger partial charge in [-0.15, -0.1) is 0 Å². The number of benzene rings is 1. The number of carbonyl (C=O) groups excluding carboxylic acids is 1. The van der Waals surface area contributed by atoms with Gasteiger partial charge in [0.2, 0.25) is 0 Å². The highest BCUT2D eigenvalue weighted by molar-refractivity contribution is 9.10. The maximum atomic E-state index is 13.6. The largest absolute Gasteiger partial charge is 0.481 e. The average Bonchev–Trinajstić information content (AvgIpc) is 2.41. The molecule has 1 aliphatic carbocycles. The van der Waals surface area contributed by atoms with E-state index >= 15 is 0 Å². The molecule has 2 rings (SSSR count). The molecule has 2 unspecified atom stereocenters. The minimum absolute atomic E-state index is 0.0307. The first-order valence-electron chi connectivity index (χ1n) is 6.46.